The molecule has 4 nitrogen and oxygen atoms in total. The summed E-state index contributed by atoms with van der Waals surface area (Å²) < 4.78 is 13.6. The molecule has 0 fully saturated rings. The predicted molar refractivity (Wildman–Crippen MR) is 95.8 cm³/mol. The van der Waals surface area contributed by atoms with Crippen LogP contribution in [0.1, 0.15) is 17.7 Å². The number of hydrogen-bond donors (Lipinski definition) is 0. The van der Waals surface area contributed by atoms with Gasteiger partial charge in [0.1, 0.15) is 0 Å². The van der Waals surface area contributed by atoms with Gasteiger partial charge in [0.15, 0.2) is 0 Å². The third kappa shape index (κ3) is 4.94. The molecule has 0 N–H and O–H groups in total. The molecule has 130 valence electrons. The highest BCUT2D eigenvalue weighted by Gasteiger charge is 2.21. The van der Waals surface area contributed by atoms with Crippen LogP contribution in [0.4, 0.5) is 0 Å². The van der Waals surface area contributed by atoms with Crippen LogP contribution in [0.2, 0.25) is 0 Å². The van der Waals surface area contributed by atoms with E-state index in [0.29, 0.717) is 12.5 Å². The van der Waals surface area contributed by atoms with Gasteiger partial charge < -0.3 is 14.0 Å². The first-order chi connectivity index (χ1) is 11.8. The fourth-order valence-corrected chi connectivity index (χ4v) is 3.36. The molecule has 0 aliphatic carbocycles. The standard InChI is InChI=1S/C20H28N2O2/c1-23-12-9-19-14-21(16-20-8-5-10-22(20)15-19)11-13-24-17-18-6-3-2-4-7-18/h2-8,10,19H,9,11-17H2,1H3/t19-/m0/s1. The Morgan fingerprint density at radius 1 is 1.04 bits per heavy atom. The molecule has 0 amide bonds. The Labute approximate surface area is 145 Å². The number of ether oxygens (including phenoxy) is 2. The first-order valence-corrected chi connectivity index (χ1v) is 8.82. The number of benzene rings is 1. The summed E-state index contributed by atoms with van der Waals surface area (Å²) in [6, 6.07) is 14.8. The number of fused-ring (bicyclic) bond motifs is 1. The summed E-state index contributed by atoms with van der Waals surface area (Å²) in [6.45, 7) is 6.48. The van der Waals surface area contributed by atoms with Crippen molar-refractivity contribution < 1.29 is 9.47 Å². The third-order valence-corrected chi connectivity index (χ3v) is 4.67. The van der Waals surface area contributed by atoms with Crippen LogP contribution in [0.25, 0.3) is 0 Å². The van der Waals surface area contributed by atoms with Gasteiger partial charge in [0.25, 0.3) is 0 Å². The number of methoxy groups -OCH3 is 1. The molecular formula is C20H28N2O2. The highest BCUT2D eigenvalue weighted by Crippen LogP contribution is 2.19. The van der Waals surface area contributed by atoms with E-state index in [9.17, 15) is 0 Å². The Morgan fingerprint density at radius 2 is 1.92 bits per heavy atom. The fraction of sp³-hybridized carbons (Fsp3) is 0.500. The molecule has 2 heterocycles. The summed E-state index contributed by atoms with van der Waals surface area (Å²) in [7, 11) is 1.78. The molecule has 1 aliphatic rings. The van der Waals surface area contributed by atoms with Gasteiger partial charge in [-0.15, -0.1) is 0 Å². The molecule has 0 spiro atoms. The Hall–Kier alpha value is -1.62. The van der Waals surface area contributed by atoms with E-state index in [1.807, 2.05) is 6.07 Å². The van der Waals surface area contributed by atoms with Gasteiger partial charge in [0.05, 0.1) is 13.2 Å². The topological polar surface area (TPSA) is 26.6 Å². The second-order valence-corrected chi connectivity index (χ2v) is 6.57. The van der Waals surface area contributed by atoms with Crippen LogP contribution in [0, 0.1) is 5.92 Å². The first kappa shape index (κ1) is 17.2. The second-order valence-electron chi connectivity index (χ2n) is 6.57. The van der Waals surface area contributed by atoms with Gasteiger partial charge in [0, 0.05) is 51.8 Å². The molecule has 1 atom stereocenters. The lowest BCUT2D eigenvalue weighted by molar-refractivity contribution is 0.0824. The molecule has 1 aromatic carbocycles. The van der Waals surface area contributed by atoms with Crippen molar-refractivity contribution >= 4 is 0 Å². The lowest BCUT2D eigenvalue weighted by Crippen LogP contribution is -2.31. The maximum Gasteiger partial charge on any atom is 0.0717 e. The van der Waals surface area contributed by atoms with Crippen molar-refractivity contribution in [2.45, 2.75) is 26.1 Å². The third-order valence-electron chi connectivity index (χ3n) is 4.67. The molecule has 24 heavy (non-hydrogen) atoms. The summed E-state index contributed by atoms with van der Waals surface area (Å²) in [5.74, 6) is 0.632. The Balaban J connectivity index is 1.50. The van der Waals surface area contributed by atoms with E-state index in [4.69, 9.17) is 9.47 Å². The van der Waals surface area contributed by atoms with Crippen LogP contribution >= 0.6 is 0 Å². The van der Waals surface area contributed by atoms with E-state index < -0.39 is 0 Å². The Morgan fingerprint density at radius 3 is 2.75 bits per heavy atom. The lowest BCUT2D eigenvalue weighted by atomic mass is 10.1. The maximum atomic E-state index is 5.88. The number of aromatic nitrogens is 1. The summed E-state index contributed by atoms with van der Waals surface area (Å²) in [5.41, 5.74) is 2.64. The number of hydrogen-bond acceptors (Lipinski definition) is 3. The molecule has 0 bridgehead atoms. The number of nitrogens with zero attached hydrogens (tertiary/aromatic N) is 2. The quantitative estimate of drug-likeness (QED) is 0.696. The van der Waals surface area contributed by atoms with Crippen LogP contribution in [0.15, 0.2) is 48.7 Å². The van der Waals surface area contributed by atoms with E-state index in [-0.39, 0.29) is 0 Å². The van der Waals surface area contributed by atoms with Crippen molar-refractivity contribution in [1.82, 2.24) is 9.47 Å². The minimum absolute atomic E-state index is 0.632. The van der Waals surface area contributed by atoms with E-state index in [2.05, 4.69) is 52.1 Å². The minimum Gasteiger partial charge on any atom is -0.385 e. The van der Waals surface area contributed by atoms with Gasteiger partial charge in [-0.25, -0.2) is 0 Å². The first-order valence-electron chi connectivity index (χ1n) is 8.82. The smallest absolute Gasteiger partial charge is 0.0717 e. The van der Waals surface area contributed by atoms with Gasteiger partial charge in [0.2, 0.25) is 0 Å². The molecule has 1 aromatic heterocycles. The average molecular weight is 328 g/mol. The van der Waals surface area contributed by atoms with Crippen LogP contribution in [-0.2, 0) is 29.2 Å². The molecular weight excluding hydrogens is 300 g/mol. The molecule has 4 heteroatoms. The SMILES string of the molecule is COCC[C@H]1CN(CCOCc2ccccc2)Cc2cccn2C1. The molecule has 0 saturated heterocycles. The monoisotopic (exact) mass is 328 g/mol. The van der Waals surface area contributed by atoms with Crippen molar-refractivity contribution in [2.24, 2.45) is 5.92 Å². The van der Waals surface area contributed by atoms with Crippen molar-refractivity contribution in [3.63, 3.8) is 0 Å². The van der Waals surface area contributed by atoms with E-state index >= 15 is 0 Å². The van der Waals surface area contributed by atoms with E-state index in [0.717, 1.165) is 45.8 Å². The van der Waals surface area contributed by atoms with Crippen molar-refractivity contribution in [2.75, 3.05) is 33.4 Å². The van der Waals surface area contributed by atoms with Gasteiger partial charge in [-0.05, 0) is 30.0 Å². The van der Waals surface area contributed by atoms with Gasteiger partial charge in [-0.3, -0.25) is 4.90 Å². The average Bonchev–Trinajstić information content (AvgIpc) is 2.97. The van der Waals surface area contributed by atoms with Crippen LogP contribution in [0.3, 0.4) is 0 Å². The summed E-state index contributed by atoms with van der Waals surface area (Å²) in [6.07, 6.45) is 3.31. The van der Waals surface area contributed by atoms with Crippen LogP contribution in [-0.4, -0.2) is 42.9 Å². The zero-order valence-electron chi connectivity index (χ0n) is 14.6. The van der Waals surface area contributed by atoms with Gasteiger partial charge >= 0.3 is 0 Å². The normalized spacial score (nSPS) is 18.3. The second kappa shape index (κ2) is 9.02. The maximum absolute atomic E-state index is 5.88. The molecule has 1 aliphatic heterocycles. The highest BCUT2D eigenvalue weighted by molar-refractivity contribution is 5.13. The molecule has 2 aromatic rings. The van der Waals surface area contributed by atoms with Crippen LogP contribution in [0.5, 0.6) is 0 Å². The van der Waals surface area contributed by atoms with Gasteiger partial charge in [-0.2, -0.15) is 0 Å². The van der Waals surface area contributed by atoms with Crippen LogP contribution < -0.4 is 0 Å². The molecule has 3 rings (SSSR count). The Bertz CT molecular complexity index is 597. The molecule has 0 saturated carbocycles. The largest absolute Gasteiger partial charge is 0.385 e. The Kier molecular flexibility index (Phi) is 6.47. The zero-order valence-corrected chi connectivity index (χ0v) is 14.6. The zero-order chi connectivity index (χ0) is 16.6. The van der Waals surface area contributed by atoms with Gasteiger partial charge in [-0.1, -0.05) is 30.3 Å². The minimum atomic E-state index is 0.632. The predicted octanol–water partition coefficient (Wildman–Crippen LogP) is 3.17. The molecule has 0 unspecified atom stereocenters. The van der Waals surface area contributed by atoms with Crippen molar-refractivity contribution in [1.29, 1.82) is 0 Å². The highest BCUT2D eigenvalue weighted by atomic mass is 16.5. The summed E-state index contributed by atoms with van der Waals surface area (Å²) in [4.78, 5) is 2.52. The lowest BCUT2D eigenvalue weighted by Gasteiger charge is -2.23. The fourth-order valence-electron chi connectivity index (χ4n) is 3.36. The van der Waals surface area contributed by atoms with E-state index in [1.54, 1.807) is 7.11 Å². The summed E-state index contributed by atoms with van der Waals surface area (Å²) in [5, 5.41) is 0. The van der Waals surface area contributed by atoms with Crippen molar-refractivity contribution in [3.05, 3.63) is 59.9 Å². The number of rotatable bonds is 8. The molecule has 0 radical (unpaired) electrons. The van der Waals surface area contributed by atoms with E-state index in [1.165, 1.54) is 11.3 Å². The van der Waals surface area contributed by atoms with Crippen molar-refractivity contribution in [3.8, 4) is 0 Å². The summed E-state index contributed by atoms with van der Waals surface area (Å²) >= 11 is 0.